The second-order valence-corrected chi connectivity index (χ2v) is 13.0. The van der Waals surface area contributed by atoms with Gasteiger partial charge < -0.3 is 9.55 Å². The van der Waals surface area contributed by atoms with Crippen LogP contribution in [0.3, 0.4) is 0 Å². The molecule has 2 atom stereocenters. The Morgan fingerprint density at radius 2 is 1.48 bits per heavy atom. The molecule has 33 heavy (non-hydrogen) atoms. The van der Waals surface area contributed by atoms with E-state index in [0.29, 0.717) is 11.8 Å². The maximum absolute atomic E-state index is 12.6. The Bertz CT molecular complexity index is 1070. The van der Waals surface area contributed by atoms with E-state index in [1.807, 2.05) is 7.05 Å². The normalized spacial score (nSPS) is 14.9. The van der Waals surface area contributed by atoms with Gasteiger partial charge in [-0.15, -0.1) is 0 Å². The van der Waals surface area contributed by atoms with Crippen molar-refractivity contribution in [2.24, 2.45) is 18.4 Å². The van der Waals surface area contributed by atoms with Gasteiger partial charge in [0.15, 0.2) is 0 Å². The van der Waals surface area contributed by atoms with Gasteiger partial charge in [0.25, 0.3) is 5.56 Å². The van der Waals surface area contributed by atoms with Gasteiger partial charge in [-0.2, -0.15) is 0 Å². The fraction of sp³-hybridized carbons (Fsp3) is 0.655. The molecule has 0 aliphatic heterocycles. The SMILES string of the molecule is CC(CCC(C)(C)Cc1cc(C(C)(C)C)cc(=O)n1C)C(C)c1cc(C(C)(C)C)[nH]c(=O)c1. The summed E-state index contributed by atoms with van der Waals surface area (Å²) in [5.74, 6) is 0.751. The highest BCUT2D eigenvalue weighted by atomic mass is 16.1. The van der Waals surface area contributed by atoms with Gasteiger partial charge in [-0.05, 0) is 65.2 Å². The van der Waals surface area contributed by atoms with Crippen LogP contribution < -0.4 is 11.1 Å². The lowest BCUT2D eigenvalue weighted by molar-refractivity contribution is 0.279. The van der Waals surface area contributed by atoms with Crippen molar-refractivity contribution in [3.05, 3.63) is 67.5 Å². The second-order valence-electron chi connectivity index (χ2n) is 13.0. The van der Waals surface area contributed by atoms with Crippen LogP contribution in [0, 0.1) is 11.3 Å². The maximum Gasteiger partial charge on any atom is 0.250 e. The predicted octanol–water partition coefficient (Wildman–Crippen LogP) is 6.46. The van der Waals surface area contributed by atoms with Crippen molar-refractivity contribution in [1.82, 2.24) is 9.55 Å². The Balaban J connectivity index is 2.16. The van der Waals surface area contributed by atoms with E-state index in [1.54, 1.807) is 16.7 Å². The Labute approximate surface area is 200 Å². The molecule has 0 aromatic carbocycles. The minimum absolute atomic E-state index is 0.0172. The predicted molar refractivity (Wildman–Crippen MR) is 140 cm³/mol. The van der Waals surface area contributed by atoms with E-state index in [9.17, 15) is 9.59 Å². The smallest absolute Gasteiger partial charge is 0.250 e. The lowest BCUT2D eigenvalue weighted by Crippen LogP contribution is -2.27. The Kier molecular flexibility index (Phi) is 7.93. The number of aromatic amines is 1. The number of nitrogens with zero attached hydrogens (tertiary/aromatic N) is 1. The minimum Gasteiger partial charge on any atom is -0.326 e. The lowest BCUT2D eigenvalue weighted by Gasteiger charge is -2.30. The van der Waals surface area contributed by atoms with Crippen molar-refractivity contribution in [3.8, 4) is 0 Å². The van der Waals surface area contributed by atoms with Crippen LogP contribution in [0.5, 0.6) is 0 Å². The van der Waals surface area contributed by atoms with Crippen molar-refractivity contribution in [2.45, 2.75) is 105 Å². The summed E-state index contributed by atoms with van der Waals surface area (Å²) in [6.45, 7) is 21.9. The first kappa shape index (κ1) is 27.1. The van der Waals surface area contributed by atoms with Crippen LogP contribution in [0.4, 0.5) is 0 Å². The van der Waals surface area contributed by atoms with Gasteiger partial charge in [0.05, 0.1) is 0 Å². The summed E-state index contributed by atoms with van der Waals surface area (Å²) in [6, 6.07) is 7.91. The third-order valence-corrected chi connectivity index (χ3v) is 7.22. The first-order chi connectivity index (χ1) is 14.9. The monoisotopic (exact) mass is 454 g/mol. The number of aromatic nitrogens is 2. The first-order valence-corrected chi connectivity index (χ1v) is 12.4. The third-order valence-electron chi connectivity index (χ3n) is 7.22. The highest BCUT2D eigenvalue weighted by molar-refractivity contribution is 5.26. The molecule has 0 aliphatic carbocycles. The van der Waals surface area contributed by atoms with E-state index < -0.39 is 0 Å². The molecule has 2 aromatic heterocycles. The van der Waals surface area contributed by atoms with E-state index in [1.165, 1.54) is 0 Å². The molecule has 184 valence electrons. The first-order valence-electron chi connectivity index (χ1n) is 12.4. The number of hydrogen-bond donors (Lipinski definition) is 1. The van der Waals surface area contributed by atoms with Crippen LogP contribution in [0.1, 0.15) is 111 Å². The van der Waals surface area contributed by atoms with Gasteiger partial charge in [0.2, 0.25) is 5.56 Å². The van der Waals surface area contributed by atoms with Gasteiger partial charge in [-0.1, -0.05) is 69.2 Å². The molecule has 0 aliphatic rings. The number of pyridine rings is 2. The molecule has 0 spiro atoms. The molecule has 0 amide bonds. The molecule has 4 nitrogen and oxygen atoms in total. The summed E-state index contributed by atoms with van der Waals surface area (Å²) in [4.78, 5) is 27.9. The van der Waals surface area contributed by atoms with E-state index in [-0.39, 0.29) is 27.4 Å². The van der Waals surface area contributed by atoms with Crippen molar-refractivity contribution in [3.63, 3.8) is 0 Å². The van der Waals surface area contributed by atoms with Crippen LogP contribution >= 0.6 is 0 Å². The lowest BCUT2D eigenvalue weighted by atomic mass is 9.77. The average molecular weight is 455 g/mol. The molecule has 0 radical (unpaired) electrons. The molecule has 2 aromatic rings. The van der Waals surface area contributed by atoms with Gasteiger partial charge in [0.1, 0.15) is 0 Å². The molecule has 2 unspecified atom stereocenters. The molecule has 2 rings (SSSR count). The number of nitrogens with one attached hydrogen (secondary N) is 1. The molecule has 2 heterocycles. The van der Waals surface area contributed by atoms with E-state index in [0.717, 1.165) is 41.8 Å². The Morgan fingerprint density at radius 1 is 0.879 bits per heavy atom. The molecule has 0 fully saturated rings. The Hall–Kier alpha value is -2.10. The molecular weight excluding hydrogens is 408 g/mol. The van der Waals surface area contributed by atoms with Gasteiger partial charge in [-0.3, -0.25) is 9.59 Å². The van der Waals surface area contributed by atoms with Crippen LogP contribution in [-0.2, 0) is 24.3 Å². The molecule has 0 bridgehead atoms. The largest absolute Gasteiger partial charge is 0.326 e. The van der Waals surface area contributed by atoms with Crippen molar-refractivity contribution in [1.29, 1.82) is 0 Å². The fourth-order valence-electron chi connectivity index (χ4n) is 4.30. The molecule has 0 saturated carbocycles. The highest BCUT2D eigenvalue weighted by Gasteiger charge is 2.25. The maximum atomic E-state index is 12.6. The number of rotatable bonds is 7. The zero-order valence-electron chi connectivity index (χ0n) is 22.8. The summed E-state index contributed by atoms with van der Waals surface area (Å²) < 4.78 is 1.80. The van der Waals surface area contributed by atoms with Crippen molar-refractivity contribution in [2.75, 3.05) is 0 Å². The zero-order valence-corrected chi connectivity index (χ0v) is 22.8. The van der Waals surface area contributed by atoms with Crippen LogP contribution in [0.25, 0.3) is 0 Å². The van der Waals surface area contributed by atoms with E-state index in [4.69, 9.17) is 0 Å². The van der Waals surface area contributed by atoms with Crippen LogP contribution in [0.15, 0.2) is 33.9 Å². The summed E-state index contributed by atoms with van der Waals surface area (Å²) in [7, 11) is 1.88. The quantitative estimate of drug-likeness (QED) is 0.522. The standard InChI is InChI=1S/C29H46N2O2/c1-19(20(2)21-14-24(28(6,7)8)30-25(32)15-21)12-13-29(9,10)18-23-16-22(27(3,4)5)17-26(33)31(23)11/h14-17,19-20H,12-13,18H2,1-11H3,(H,30,32). The van der Waals surface area contributed by atoms with Crippen LogP contribution in [-0.4, -0.2) is 9.55 Å². The molecule has 1 N–H and O–H groups in total. The Morgan fingerprint density at radius 3 is 2.03 bits per heavy atom. The minimum atomic E-state index is -0.0857. The van der Waals surface area contributed by atoms with Crippen molar-refractivity contribution < 1.29 is 0 Å². The molecule has 0 saturated heterocycles. The van der Waals surface area contributed by atoms with Crippen molar-refractivity contribution >= 4 is 0 Å². The van der Waals surface area contributed by atoms with Crippen LogP contribution in [0.2, 0.25) is 0 Å². The summed E-state index contributed by atoms with van der Waals surface area (Å²) in [5, 5.41) is 0. The third kappa shape index (κ3) is 7.19. The fourth-order valence-corrected chi connectivity index (χ4v) is 4.30. The topological polar surface area (TPSA) is 54.9 Å². The van der Waals surface area contributed by atoms with E-state index >= 15 is 0 Å². The molecular formula is C29H46N2O2. The zero-order chi connectivity index (χ0) is 25.4. The number of H-pyrrole nitrogens is 1. The summed E-state index contributed by atoms with van der Waals surface area (Å²) >= 11 is 0. The van der Waals surface area contributed by atoms with Gasteiger partial charge in [-0.25, -0.2) is 0 Å². The summed E-state index contributed by atoms with van der Waals surface area (Å²) in [6.07, 6.45) is 2.99. The van der Waals surface area contributed by atoms with Gasteiger partial charge >= 0.3 is 0 Å². The second kappa shape index (κ2) is 9.64. The molecule has 4 heteroatoms. The average Bonchev–Trinajstić information content (AvgIpc) is 2.66. The number of hydrogen-bond acceptors (Lipinski definition) is 2. The summed E-state index contributed by atoms with van der Waals surface area (Å²) in [5.41, 5.74) is 4.30. The highest BCUT2D eigenvalue weighted by Crippen LogP contribution is 2.35. The van der Waals surface area contributed by atoms with Gasteiger partial charge in [0, 0.05) is 36.0 Å². The van der Waals surface area contributed by atoms with E-state index in [2.05, 4.69) is 86.4 Å².